The summed E-state index contributed by atoms with van der Waals surface area (Å²) in [5.74, 6) is 5.75. The molecule has 0 unspecified atom stereocenters. The fourth-order valence-corrected chi connectivity index (χ4v) is 3.07. The third-order valence-corrected chi connectivity index (χ3v) is 4.54. The number of nitrogens with zero attached hydrogens (tertiary/aromatic N) is 2. The summed E-state index contributed by atoms with van der Waals surface area (Å²) in [6.07, 6.45) is 1.22. The molecule has 9 heteroatoms. The number of aromatic nitrogens is 3. The third kappa shape index (κ3) is 4.89. The second-order valence-corrected chi connectivity index (χ2v) is 6.95. The van der Waals surface area contributed by atoms with Gasteiger partial charge in [-0.05, 0) is 20.8 Å². The highest BCUT2D eigenvalue weighted by Gasteiger charge is 2.34. The lowest BCUT2D eigenvalue weighted by Gasteiger charge is -2.14. The van der Waals surface area contributed by atoms with Gasteiger partial charge in [0.25, 0.3) is 5.56 Å². The molecule has 3 N–H and O–H groups in total. The number of nitrogens with one attached hydrogen (secondary N) is 1. The van der Waals surface area contributed by atoms with Crippen molar-refractivity contribution in [3.05, 3.63) is 48.7 Å². The normalized spacial score (nSPS) is 21.5. The zero-order valence-electron chi connectivity index (χ0n) is 14.7. The Bertz CT molecular complexity index is 921. The maximum atomic E-state index is 11.6. The summed E-state index contributed by atoms with van der Waals surface area (Å²) in [5.41, 5.74) is -0.643. The molecule has 1 aliphatic heterocycles. The molecule has 3 rings (SSSR count). The molecule has 2 aromatic rings. The van der Waals surface area contributed by atoms with Gasteiger partial charge in [-0.15, -0.1) is 17.3 Å². The molecule has 1 saturated heterocycles. The minimum Gasteiger partial charge on any atom is -0.394 e. The van der Waals surface area contributed by atoms with Gasteiger partial charge in [0.15, 0.2) is 0 Å². The molecule has 0 amide bonds. The number of rotatable bonds is 2. The Labute approximate surface area is 154 Å². The van der Waals surface area contributed by atoms with E-state index < -0.39 is 29.7 Å². The van der Waals surface area contributed by atoms with Gasteiger partial charge in [-0.25, -0.2) is 9.78 Å². The van der Waals surface area contributed by atoms with Gasteiger partial charge in [-0.3, -0.25) is 14.3 Å². The molecule has 2 aromatic heterocycles. The number of thiazole rings is 1. The van der Waals surface area contributed by atoms with E-state index in [9.17, 15) is 14.7 Å². The number of H-pyrrole nitrogens is 1. The van der Waals surface area contributed by atoms with E-state index in [2.05, 4.69) is 21.8 Å². The van der Waals surface area contributed by atoms with Crippen molar-refractivity contribution in [2.24, 2.45) is 0 Å². The standard InChI is InChI=1S/C10H14N2O5.C7H7NS/c1-5-3-12(10(16)11-9(5)15)8-2-6(14)7(4-13)17-8;1-3-4-7-5-8-6(2)9-7/h3,6-8,13-14H,2,4H2,1H3,(H,11,15,16);5H,1-2H3/t6-,7+,8+;/m0./s1. The van der Waals surface area contributed by atoms with Gasteiger partial charge >= 0.3 is 5.69 Å². The first-order chi connectivity index (χ1) is 12.3. The van der Waals surface area contributed by atoms with E-state index in [1.54, 1.807) is 24.5 Å². The van der Waals surface area contributed by atoms with Crippen molar-refractivity contribution < 1.29 is 14.9 Å². The molecule has 3 heterocycles. The van der Waals surface area contributed by atoms with Crippen LogP contribution in [0, 0.1) is 25.7 Å². The van der Waals surface area contributed by atoms with Crippen LogP contribution in [-0.4, -0.2) is 43.6 Å². The highest BCUT2D eigenvalue weighted by Crippen LogP contribution is 2.27. The Morgan fingerprint density at radius 2 is 2.19 bits per heavy atom. The van der Waals surface area contributed by atoms with E-state index in [4.69, 9.17) is 9.84 Å². The highest BCUT2D eigenvalue weighted by molar-refractivity contribution is 7.12. The molecule has 0 aliphatic carbocycles. The summed E-state index contributed by atoms with van der Waals surface area (Å²) in [5, 5.41) is 19.6. The van der Waals surface area contributed by atoms with E-state index in [1.807, 2.05) is 13.8 Å². The van der Waals surface area contributed by atoms with Crippen molar-refractivity contribution in [3.8, 4) is 11.8 Å². The molecule has 26 heavy (non-hydrogen) atoms. The van der Waals surface area contributed by atoms with Crippen LogP contribution in [0.15, 0.2) is 22.0 Å². The summed E-state index contributed by atoms with van der Waals surface area (Å²) < 4.78 is 6.54. The SMILES string of the molecule is CC#Cc1cnc(C)s1.Cc1cn([C@H]2C[C@H](O)[C@@H](CO)O2)c(=O)[nH]c1=O. The third-order valence-electron chi connectivity index (χ3n) is 3.71. The van der Waals surface area contributed by atoms with Gasteiger partial charge in [-0.2, -0.15) is 0 Å². The van der Waals surface area contributed by atoms with Crippen LogP contribution in [-0.2, 0) is 4.74 Å². The van der Waals surface area contributed by atoms with Gasteiger partial charge < -0.3 is 14.9 Å². The van der Waals surface area contributed by atoms with Crippen LogP contribution in [0.4, 0.5) is 0 Å². The van der Waals surface area contributed by atoms with Crippen molar-refractivity contribution >= 4 is 11.3 Å². The monoisotopic (exact) mass is 379 g/mol. The minimum absolute atomic E-state index is 0.205. The largest absolute Gasteiger partial charge is 0.394 e. The molecule has 1 aliphatic rings. The molecule has 0 saturated carbocycles. The summed E-state index contributed by atoms with van der Waals surface area (Å²) in [6, 6.07) is 0. The smallest absolute Gasteiger partial charge is 0.330 e. The highest BCUT2D eigenvalue weighted by atomic mass is 32.1. The molecule has 140 valence electrons. The van der Waals surface area contributed by atoms with Crippen molar-refractivity contribution in [1.82, 2.24) is 14.5 Å². The molecule has 3 atom stereocenters. The topological polar surface area (TPSA) is 117 Å². The van der Waals surface area contributed by atoms with Crippen molar-refractivity contribution in [3.63, 3.8) is 0 Å². The van der Waals surface area contributed by atoms with E-state index >= 15 is 0 Å². The first kappa shape index (κ1) is 20.1. The number of hydrogen-bond acceptors (Lipinski definition) is 7. The Morgan fingerprint density at radius 3 is 2.73 bits per heavy atom. The predicted octanol–water partition coefficient (Wildman–Crippen LogP) is 0.309. The number of hydrogen-bond donors (Lipinski definition) is 3. The molecular weight excluding hydrogens is 358 g/mol. The van der Waals surface area contributed by atoms with E-state index in [0.717, 1.165) is 9.88 Å². The van der Waals surface area contributed by atoms with Gasteiger partial charge in [0.05, 0.1) is 28.8 Å². The van der Waals surface area contributed by atoms with Crippen LogP contribution in [0.5, 0.6) is 0 Å². The second kappa shape index (κ2) is 8.91. The van der Waals surface area contributed by atoms with Crippen LogP contribution in [0.3, 0.4) is 0 Å². The van der Waals surface area contributed by atoms with Crippen LogP contribution in [0.25, 0.3) is 0 Å². The zero-order valence-corrected chi connectivity index (χ0v) is 15.5. The predicted molar refractivity (Wildman–Crippen MR) is 97.1 cm³/mol. The van der Waals surface area contributed by atoms with E-state index in [-0.39, 0.29) is 13.0 Å². The van der Waals surface area contributed by atoms with Crippen LogP contribution in [0.2, 0.25) is 0 Å². The molecule has 0 aromatic carbocycles. The lowest BCUT2D eigenvalue weighted by molar-refractivity contribution is -0.0459. The van der Waals surface area contributed by atoms with E-state index in [1.165, 1.54) is 10.8 Å². The Kier molecular flexibility index (Phi) is 6.88. The number of aliphatic hydroxyl groups excluding tert-OH is 2. The van der Waals surface area contributed by atoms with Gasteiger partial charge in [0.2, 0.25) is 0 Å². The lowest BCUT2D eigenvalue weighted by atomic mass is 10.2. The quantitative estimate of drug-likeness (QED) is 0.647. The summed E-state index contributed by atoms with van der Waals surface area (Å²) in [7, 11) is 0. The summed E-state index contributed by atoms with van der Waals surface area (Å²) >= 11 is 1.63. The number of aromatic amines is 1. The van der Waals surface area contributed by atoms with E-state index in [0.29, 0.717) is 5.56 Å². The van der Waals surface area contributed by atoms with Crippen molar-refractivity contribution in [2.45, 2.75) is 45.6 Å². The average Bonchev–Trinajstić information content (AvgIpc) is 3.17. The van der Waals surface area contributed by atoms with Gasteiger partial charge in [0, 0.05) is 18.2 Å². The van der Waals surface area contributed by atoms with Gasteiger partial charge in [-0.1, -0.05) is 5.92 Å². The minimum atomic E-state index is -0.816. The number of aliphatic hydroxyl groups is 2. The Balaban J connectivity index is 0.000000228. The maximum Gasteiger partial charge on any atom is 0.330 e. The lowest BCUT2D eigenvalue weighted by Crippen LogP contribution is -2.33. The molecule has 8 nitrogen and oxygen atoms in total. The first-order valence-electron chi connectivity index (χ1n) is 7.97. The number of ether oxygens (including phenoxy) is 1. The fourth-order valence-electron chi connectivity index (χ4n) is 2.39. The molecule has 0 radical (unpaired) electrons. The van der Waals surface area contributed by atoms with Crippen LogP contribution >= 0.6 is 11.3 Å². The van der Waals surface area contributed by atoms with Crippen LogP contribution < -0.4 is 11.2 Å². The first-order valence-corrected chi connectivity index (χ1v) is 8.79. The molecular formula is C17H21N3O5S. The average molecular weight is 379 g/mol. The Hall–Kier alpha value is -2.25. The summed E-state index contributed by atoms with van der Waals surface area (Å²) in [6.45, 7) is 5.07. The molecule has 1 fully saturated rings. The molecule has 0 bridgehead atoms. The van der Waals surface area contributed by atoms with Crippen LogP contribution in [0.1, 0.15) is 35.0 Å². The van der Waals surface area contributed by atoms with Gasteiger partial charge in [0.1, 0.15) is 12.3 Å². The summed E-state index contributed by atoms with van der Waals surface area (Å²) in [4.78, 5) is 30.0. The second-order valence-electron chi connectivity index (χ2n) is 5.71. The molecule has 0 spiro atoms. The maximum absolute atomic E-state index is 11.6. The van der Waals surface area contributed by atoms with Crippen molar-refractivity contribution in [1.29, 1.82) is 0 Å². The number of aryl methyl sites for hydroxylation is 2. The Morgan fingerprint density at radius 1 is 1.46 bits per heavy atom. The zero-order chi connectivity index (χ0) is 19.3. The fraction of sp³-hybridized carbons (Fsp3) is 0.471. The van der Waals surface area contributed by atoms with Crippen molar-refractivity contribution in [2.75, 3.05) is 6.61 Å².